The largest absolute Gasteiger partial charge is 0.494 e. The van der Waals surface area contributed by atoms with E-state index in [0.717, 1.165) is 21.7 Å². The van der Waals surface area contributed by atoms with Gasteiger partial charge in [-0.05, 0) is 70.9 Å². The molecule has 1 N–H and O–H groups in total. The standard InChI is InChI=1S/C27H39N3O5S/c1-8-24(26(32)28-27(4,5)6)29(18-21-12-10-11-20(3)17-21)25(31)19-30(36(7,33)34)22-13-15-23(16-14-22)35-9-2/h10-17,24H,8-9,18-19H2,1-7H3,(H,28,32)/t24-/m1/s1. The SMILES string of the molecule is CCOc1ccc(N(CC(=O)N(Cc2cccc(C)c2)[C@H](CC)C(=O)NC(C)(C)C)S(C)(=O)=O)cc1. The molecule has 0 unspecified atom stereocenters. The zero-order valence-electron chi connectivity index (χ0n) is 22.4. The molecule has 8 nitrogen and oxygen atoms in total. The molecule has 198 valence electrons. The van der Waals surface area contributed by atoms with Gasteiger partial charge in [-0.1, -0.05) is 36.8 Å². The quantitative estimate of drug-likeness (QED) is 0.488. The van der Waals surface area contributed by atoms with E-state index in [4.69, 9.17) is 4.74 Å². The van der Waals surface area contributed by atoms with Crippen LogP contribution in [0.3, 0.4) is 0 Å². The van der Waals surface area contributed by atoms with Gasteiger partial charge < -0.3 is 15.0 Å². The summed E-state index contributed by atoms with van der Waals surface area (Å²) in [6.07, 6.45) is 1.44. The lowest BCUT2D eigenvalue weighted by atomic mass is 10.0. The number of sulfonamides is 1. The molecule has 0 heterocycles. The molecule has 0 saturated heterocycles. The summed E-state index contributed by atoms with van der Waals surface area (Å²) in [5, 5.41) is 2.96. The molecule has 0 spiro atoms. The third-order valence-electron chi connectivity index (χ3n) is 5.43. The summed E-state index contributed by atoms with van der Waals surface area (Å²) in [7, 11) is -3.79. The first-order valence-corrected chi connectivity index (χ1v) is 14.0. The van der Waals surface area contributed by atoms with Gasteiger partial charge in [0.2, 0.25) is 21.8 Å². The molecule has 36 heavy (non-hydrogen) atoms. The summed E-state index contributed by atoms with van der Waals surface area (Å²) >= 11 is 0. The predicted octanol–water partition coefficient (Wildman–Crippen LogP) is 3.88. The van der Waals surface area contributed by atoms with Gasteiger partial charge in [-0.15, -0.1) is 0 Å². The number of anilines is 1. The van der Waals surface area contributed by atoms with Crippen molar-refractivity contribution >= 4 is 27.5 Å². The van der Waals surface area contributed by atoms with Crippen LogP contribution >= 0.6 is 0 Å². The normalized spacial score (nSPS) is 12.5. The zero-order chi connectivity index (χ0) is 27.1. The van der Waals surface area contributed by atoms with E-state index >= 15 is 0 Å². The number of nitrogens with one attached hydrogen (secondary N) is 1. The van der Waals surface area contributed by atoms with Crippen LogP contribution in [-0.4, -0.2) is 56.1 Å². The highest BCUT2D eigenvalue weighted by molar-refractivity contribution is 7.92. The second-order valence-electron chi connectivity index (χ2n) is 9.87. The highest BCUT2D eigenvalue weighted by Crippen LogP contribution is 2.23. The van der Waals surface area contributed by atoms with E-state index in [1.165, 1.54) is 4.90 Å². The molecule has 0 aromatic heterocycles. The number of carbonyl (C=O) groups is 2. The molecule has 9 heteroatoms. The van der Waals surface area contributed by atoms with Crippen LogP contribution in [0.5, 0.6) is 5.75 Å². The van der Waals surface area contributed by atoms with Crippen molar-refractivity contribution in [3.8, 4) is 5.75 Å². The monoisotopic (exact) mass is 517 g/mol. The number of hydrogen-bond donors (Lipinski definition) is 1. The molecule has 0 fully saturated rings. The predicted molar refractivity (Wildman–Crippen MR) is 144 cm³/mol. The van der Waals surface area contributed by atoms with Crippen molar-refractivity contribution in [3.63, 3.8) is 0 Å². The summed E-state index contributed by atoms with van der Waals surface area (Å²) in [5.41, 5.74) is 1.75. The molecule has 1 atom stereocenters. The Morgan fingerprint density at radius 2 is 1.69 bits per heavy atom. The fourth-order valence-electron chi connectivity index (χ4n) is 3.87. The Bertz CT molecular complexity index is 1140. The Morgan fingerprint density at radius 1 is 1.06 bits per heavy atom. The first-order chi connectivity index (χ1) is 16.7. The highest BCUT2D eigenvalue weighted by Gasteiger charge is 2.33. The minimum absolute atomic E-state index is 0.178. The fourth-order valence-corrected chi connectivity index (χ4v) is 4.72. The van der Waals surface area contributed by atoms with Crippen molar-refractivity contribution in [2.24, 2.45) is 0 Å². The van der Waals surface area contributed by atoms with Gasteiger partial charge in [0.25, 0.3) is 0 Å². The van der Waals surface area contributed by atoms with Crippen LogP contribution < -0.4 is 14.4 Å². The van der Waals surface area contributed by atoms with E-state index < -0.39 is 34.1 Å². The highest BCUT2D eigenvalue weighted by atomic mass is 32.2. The third-order valence-corrected chi connectivity index (χ3v) is 6.58. The number of nitrogens with zero attached hydrogens (tertiary/aromatic N) is 2. The van der Waals surface area contributed by atoms with Gasteiger partial charge in [-0.2, -0.15) is 0 Å². The number of hydrogen-bond acceptors (Lipinski definition) is 5. The van der Waals surface area contributed by atoms with Crippen molar-refractivity contribution in [2.75, 3.05) is 23.7 Å². The molecule has 0 aliphatic carbocycles. The third kappa shape index (κ3) is 8.55. The van der Waals surface area contributed by atoms with Gasteiger partial charge in [0.05, 0.1) is 18.6 Å². The molecule has 2 aromatic carbocycles. The van der Waals surface area contributed by atoms with Crippen LogP contribution in [0.1, 0.15) is 52.2 Å². The Kier molecular flexibility index (Phi) is 9.93. The first-order valence-electron chi connectivity index (χ1n) is 12.1. The van der Waals surface area contributed by atoms with E-state index in [0.29, 0.717) is 24.5 Å². The maximum Gasteiger partial charge on any atom is 0.244 e. The number of rotatable bonds is 11. The molecule has 2 amide bonds. The van der Waals surface area contributed by atoms with Crippen molar-refractivity contribution in [1.82, 2.24) is 10.2 Å². The fraction of sp³-hybridized carbons (Fsp3) is 0.481. The maximum absolute atomic E-state index is 13.7. The van der Waals surface area contributed by atoms with E-state index in [2.05, 4.69) is 5.32 Å². The number of amides is 2. The number of aryl methyl sites for hydroxylation is 1. The Morgan fingerprint density at radius 3 is 2.19 bits per heavy atom. The van der Waals surface area contributed by atoms with E-state index in [1.807, 2.05) is 65.8 Å². The second kappa shape index (κ2) is 12.3. The van der Waals surface area contributed by atoms with Crippen LogP contribution in [0.4, 0.5) is 5.69 Å². The smallest absolute Gasteiger partial charge is 0.244 e. The van der Waals surface area contributed by atoms with Gasteiger partial charge in [0, 0.05) is 12.1 Å². The van der Waals surface area contributed by atoms with Crippen molar-refractivity contribution < 1.29 is 22.7 Å². The summed E-state index contributed by atoms with van der Waals surface area (Å²) in [4.78, 5) is 28.4. The Hall–Kier alpha value is -3.07. The molecule has 0 saturated carbocycles. The summed E-state index contributed by atoms with van der Waals surface area (Å²) < 4.78 is 31.9. The summed E-state index contributed by atoms with van der Waals surface area (Å²) in [6, 6.07) is 13.5. The molecular formula is C27H39N3O5S. The lowest BCUT2D eigenvalue weighted by Crippen LogP contribution is -2.55. The van der Waals surface area contributed by atoms with E-state index in [-0.39, 0.29) is 12.5 Å². The van der Waals surface area contributed by atoms with Gasteiger partial charge >= 0.3 is 0 Å². The van der Waals surface area contributed by atoms with Crippen LogP contribution in [0, 0.1) is 6.92 Å². The van der Waals surface area contributed by atoms with E-state index in [9.17, 15) is 18.0 Å². The Labute approximate surface area is 215 Å². The molecule has 0 aliphatic heterocycles. The van der Waals surface area contributed by atoms with Crippen molar-refractivity contribution in [2.45, 2.75) is 66.1 Å². The summed E-state index contributed by atoms with van der Waals surface area (Å²) in [5.74, 6) is -0.142. The minimum Gasteiger partial charge on any atom is -0.494 e. The second-order valence-corrected chi connectivity index (χ2v) is 11.8. The average Bonchev–Trinajstić information content (AvgIpc) is 2.76. The van der Waals surface area contributed by atoms with Crippen LogP contribution in [0.15, 0.2) is 48.5 Å². The topological polar surface area (TPSA) is 96.0 Å². The molecule has 2 aromatic rings. The lowest BCUT2D eigenvalue weighted by Gasteiger charge is -2.34. The molecule has 0 bridgehead atoms. The van der Waals surface area contributed by atoms with E-state index in [1.54, 1.807) is 24.3 Å². The number of benzene rings is 2. The average molecular weight is 518 g/mol. The van der Waals surface area contributed by atoms with Gasteiger partial charge in [-0.25, -0.2) is 8.42 Å². The number of ether oxygens (including phenoxy) is 1. The Balaban J connectivity index is 2.44. The van der Waals surface area contributed by atoms with Crippen LogP contribution in [0.25, 0.3) is 0 Å². The lowest BCUT2D eigenvalue weighted by molar-refractivity contribution is -0.141. The minimum atomic E-state index is -3.79. The van der Waals surface area contributed by atoms with Crippen molar-refractivity contribution in [1.29, 1.82) is 0 Å². The van der Waals surface area contributed by atoms with Crippen molar-refractivity contribution in [3.05, 3.63) is 59.7 Å². The van der Waals surface area contributed by atoms with Crippen LogP contribution in [0.2, 0.25) is 0 Å². The van der Waals surface area contributed by atoms with Crippen LogP contribution in [-0.2, 0) is 26.2 Å². The first kappa shape index (κ1) is 29.2. The van der Waals surface area contributed by atoms with Gasteiger partial charge in [-0.3, -0.25) is 13.9 Å². The van der Waals surface area contributed by atoms with Gasteiger partial charge in [0.1, 0.15) is 18.3 Å². The molecular weight excluding hydrogens is 478 g/mol. The zero-order valence-corrected chi connectivity index (χ0v) is 23.2. The maximum atomic E-state index is 13.7. The van der Waals surface area contributed by atoms with Gasteiger partial charge in [0.15, 0.2) is 0 Å². The number of carbonyl (C=O) groups excluding carboxylic acids is 2. The molecule has 2 rings (SSSR count). The molecule has 0 aliphatic rings. The molecule has 0 radical (unpaired) electrons. The summed E-state index contributed by atoms with van der Waals surface area (Å²) in [6.45, 7) is 11.5.